The smallest absolute Gasteiger partial charge is 0.136 e. The minimum Gasteiger partial charge on any atom is -0.354 e. The average Bonchev–Trinajstić information content (AvgIpc) is 3.46. The quantitative estimate of drug-likeness (QED) is 0.518. The molecule has 5 heteroatoms. The molecule has 4 heterocycles. The highest BCUT2D eigenvalue weighted by atomic mass is 32.1. The first-order valence-electron chi connectivity index (χ1n) is 10.4. The van der Waals surface area contributed by atoms with Crippen LogP contribution in [0, 0.1) is 0 Å². The van der Waals surface area contributed by atoms with E-state index in [2.05, 4.69) is 63.7 Å². The summed E-state index contributed by atoms with van der Waals surface area (Å²) < 4.78 is 1.33. The Labute approximate surface area is 179 Å². The second-order valence-corrected chi connectivity index (χ2v) is 8.91. The van der Waals surface area contributed by atoms with Crippen molar-refractivity contribution in [3.05, 3.63) is 71.9 Å². The van der Waals surface area contributed by atoms with E-state index in [-0.39, 0.29) is 0 Å². The molecule has 4 aromatic rings. The number of rotatable bonds is 3. The van der Waals surface area contributed by atoms with Gasteiger partial charge in [0.25, 0.3) is 0 Å². The molecule has 0 radical (unpaired) electrons. The van der Waals surface area contributed by atoms with Gasteiger partial charge in [-0.05, 0) is 64.0 Å². The molecule has 2 aromatic carbocycles. The molecule has 2 aromatic heterocycles. The van der Waals surface area contributed by atoms with Crippen LogP contribution in [0.25, 0.3) is 31.7 Å². The van der Waals surface area contributed by atoms with Gasteiger partial charge in [0.05, 0.1) is 6.54 Å². The van der Waals surface area contributed by atoms with Crippen molar-refractivity contribution in [2.24, 2.45) is 4.99 Å². The summed E-state index contributed by atoms with van der Waals surface area (Å²) in [5, 5.41) is 4.74. The van der Waals surface area contributed by atoms with Crippen LogP contribution in [0.5, 0.6) is 0 Å². The molecule has 30 heavy (non-hydrogen) atoms. The normalized spacial score (nSPS) is 15.7. The summed E-state index contributed by atoms with van der Waals surface area (Å²) in [7, 11) is 0. The molecule has 0 spiro atoms. The van der Waals surface area contributed by atoms with Crippen molar-refractivity contribution in [3.63, 3.8) is 0 Å². The SMILES string of the molecule is C1=NCc2c1cc(-c1cccnc1N1CCNCC1)cc2-c1cc2ccccc2s1. The standard InChI is InChI=1S/C25H22N4S/c1-2-6-23-17(4-1)14-24(30-23)21-13-18(12-19-15-27-16-22(19)21)20-5-3-7-28-25(20)29-10-8-26-9-11-29/h1-7,12-15,26H,8-11,16H2. The van der Waals surface area contributed by atoms with Gasteiger partial charge in [-0.1, -0.05) is 18.2 Å². The van der Waals surface area contributed by atoms with Crippen LogP contribution in [0.1, 0.15) is 11.1 Å². The second kappa shape index (κ2) is 7.35. The van der Waals surface area contributed by atoms with Crippen LogP contribution in [0.4, 0.5) is 5.82 Å². The minimum absolute atomic E-state index is 0.761. The van der Waals surface area contributed by atoms with Crippen LogP contribution in [0.3, 0.4) is 0 Å². The zero-order valence-corrected chi connectivity index (χ0v) is 17.5. The topological polar surface area (TPSA) is 40.5 Å². The van der Waals surface area contributed by atoms with Gasteiger partial charge in [0.1, 0.15) is 5.82 Å². The summed E-state index contributed by atoms with van der Waals surface area (Å²) >= 11 is 1.86. The zero-order valence-electron chi connectivity index (χ0n) is 16.6. The molecule has 2 aliphatic rings. The maximum absolute atomic E-state index is 4.78. The van der Waals surface area contributed by atoms with Gasteiger partial charge in [0.2, 0.25) is 0 Å². The van der Waals surface area contributed by atoms with Crippen LogP contribution in [0.15, 0.2) is 65.8 Å². The van der Waals surface area contributed by atoms with Gasteiger partial charge in [-0.3, -0.25) is 4.99 Å². The minimum atomic E-state index is 0.761. The van der Waals surface area contributed by atoms with Gasteiger partial charge < -0.3 is 10.2 Å². The Kier molecular flexibility index (Phi) is 4.36. The first kappa shape index (κ1) is 17.8. The van der Waals surface area contributed by atoms with Gasteiger partial charge in [-0.2, -0.15) is 0 Å². The number of fused-ring (bicyclic) bond motifs is 2. The Hall–Kier alpha value is -3.02. The molecular formula is C25H22N4S. The number of thiophene rings is 1. The Balaban J connectivity index is 1.52. The van der Waals surface area contributed by atoms with E-state index in [0.717, 1.165) is 38.5 Å². The summed E-state index contributed by atoms with van der Waals surface area (Å²) in [5.41, 5.74) is 6.28. The Bertz CT molecular complexity index is 1230. The molecule has 2 aliphatic heterocycles. The van der Waals surface area contributed by atoms with Crippen LogP contribution in [-0.4, -0.2) is 37.4 Å². The maximum Gasteiger partial charge on any atom is 0.136 e. The van der Waals surface area contributed by atoms with Crippen molar-refractivity contribution in [2.45, 2.75) is 6.54 Å². The third-order valence-electron chi connectivity index (χ3n) is 5.97. The van der Waals surface area contributed by atoms with Gasteiger partial charge in [0, 0.05) is 53.7 Å². The average molecular weight is 411 g/mol. The number of aromatic nitrogens is 1. The lowest BCUT2D eigenvalue weighted by Gasteiger charge is -2.30. The molecule has 6 rings (SSSR count). The molecule has 0 saturated carbocycles. The Morgan fingerprint density at radius 1 is 0.933 bits per heavy atom. The van der Waals surface area contributed by atoms with Crippen LogP contribution in [0.2, 0.25) is 0 Å². The van der Waals surface area contributed by atoms with E-state index in [1.165, 1.54) is 42.8 Å². The van der Waals surface area contributed by atoms with Crippen molar-refractivity contribution in [2.75, 3.05) is 31.1 Å². The Morgan fingerprint density at radius 3 is 2.73 bits per heavy atom. The molecule has 4 nitrogen and oxygen atoms in total. The summed E-state index contributed by atoms with van der Waals surface area (Å²) in [6.07, 6.45) is 3.93. The number of aliphatic imine (C=N–C) groups is 1. The van der Waals surface area contributed by atoms with E-state index in [1.54, 1.807) is 0 Å². The fraction of sp³-hybridized carbons (Fsp3) is 0.200. The van der Waals surface area contributed by atoms with Crippen molar-refractivity contribution >= 4 is 33.5 Å². The van der Waals surface area contributed by atoms with E-state index >= 15 is 0 Å². The fourth-order valence-electron chi connectivity index (χ4n) is 4.46. The molecule has 1 fully saturated rings. The first-order chi connectivity index (χ1) is 14.9. The molecule has 0 aliphatic carbocycles. The van der Waals surface area contributed by atoms with E-state index in [0.29, 0.717) is 0 Å². The van der Waals surface area contributed by atoms with Crippen LogP contribution >= 0.6 is 11.3 Å². The molecule has 1 saturated heterocycles. The zero-order chi connectivity index (χ0) is 19.9. The highest BCUT2D eigenvalue weighted by Gasteiger charge is 2.21. The van der Waals surface area contributed by atoms with E-state index in [1.807, 2.05) is 29.8 Å². The molecule has 0 unspecified atom stereocenters. The predicted molar refractivity (Wildman–Crippen MR) is 127 cm³/mol. The van der Waals surface area contributed by atoms with Crippen LogP contribution < -0.4 is 10.2 Å². The highest BCUT2D eigenvalue weighted by molar-refractivity contribution is 7.22. The largest absolute Gasteiger partial charge is 0.354 e. The second-order valence-electron chi connectivity index (χ2n) is 7.82. The summed E-state index contributed by atoms with van der Waals surface area (Å²) in [5.74, 6) is 1.08. The summed E-state index contributed by atoms with van der Waals surface area (Å²) in [6, 6.07) is 19.8. The molecule has 0 bridgehead atoms. The van der Waals surface area contributed by atoms with E-state index < -0.39 is 0 Å². The number of pyridine rings is 1. The Morgan fingerprint density at radius 2 is 1.83 bits per heavy atom. The van der Waals surface area contributed by atoms with Gasteiger partial charge in [-0.25, -0.2) is 4.98 Å². The third-order valence-corrected chi connectivity index (χ3v) is 7.12. The number of benzene rings is 2. The van der Waals surface area contributed by atoms with Gasteiger partial charge >= 0.3 is 0 Å². The van der Waals surface area contributed by atoms with Crippen LogP contribution in [-0.2, 0) is 6.54 Å². The molecule has 148 valence electrons. The number of nitrogens with one attached hydrogen (secondary N) is 1. The molecule has 0 amide bonds. The van der Waals surface area contributed by atoms with Crippen molar-refractivity contribution < 1.29 is 0 Å². The van der Waals surface area contributed by atoms with E-state index in [9.17, 15) is 0 Å². The lowest BCUT2D eigenvalue weighted by molar-refractivity contribution is 0.585. The van der Waals surface area contributed by atoms with Crippen molar-refractivity contribution in [1.29, 1.82) is 0 Å². The van der Waals surface area contributed by atoms with E-state index in [4.69, 9.17) is 4.98 Å². The van der Waals surface area contributed by atoms with Gasteiger partial charge in [0.15, 0.2) is 0 Å². The first-order valence-corrected chi connectivity index (χ1v) is 11.3. The molecule has 0 atom stereocenters. The monoisotopic (exact) mass is 410 g/mol. The van der Waals surface area contributed by atoms with Crippen molar-refractivity contribution in [1.82, 2.24) is 10.3 Å². The highest BCUT2D eigenvalue weighted by Crippen LogP contribution is 2.41. The number of piperazine rings is 1. The number of hydrogen-bond donors (Lipinski definition) is 1. The van der Waals surface area contributed by atoms with Gasteiger partial charge in [-0.15, -0.1) is 11.3 Å². The molecular weight excluding hydrogens is 388 g/mol. The lowest BCUT2D eigenvalue weighted by atomic mass is 9.94. The molecule has 1 N–H and O–H groups in total. The predicted octanol–water partition coefficient (Wildman–Crippen LogP) is 4.97. The maximum atomic E-state index is 4.78. The number of hydrogen-bond acceptors (Lipinski definition) is 5. The fourth-order valence-corrected chi connectivity index (χ4v) is 5.57. The third kappa shape index (κ3) is 3.02. The van der Waals surface area contributed by atoms with Crippen molar-refractivity contribution in [3.8, 4) is 21.6 Å². The lowest BCUT2D eigenvalue weighted by Crippen LogP contribution is -2.44. The summed E-state index contributed by atoms with van der Waals surface area (Å²) in [6.45, 7) is 4.73. The summed E-state index contributed by atoms with van der Waals surface area (Å²) in [4.78, 5) is 13.1. The number of nitrogens with zero attached hydrogens (tertiary/aromatic N) is 3. The number of anilines is 1.